The number of rotatable bonds is 4. The SMILES string of the molecule is C#CCCCN1C(=O)C2CCCCN2C(=O)C1CC. The van der Waals surface area contributed by atoms with Gasteiger partial charge in [0.05, 0.1) is 0 Å². The molecule has 2 heterocycles. The van der Waals surface area contributed by atoms with Gasteiger partial charge in [0.1, 0.15) is 12.1 Å². The van der Waals surface area contributed by atoms with Crippen molar-refractivity contribution in [2.45, 2.75) is 57.5 Å². The van der Waals surface area contributed by atoms with E-state index in [-0.39, 0.29) is 23.9 Å². The normalized spacial score (nSPS) is 27.2. The first-order valence-corrected chi connectivity index (χ1v) is 7.25. The maximum Gasteiger partial charge on any atom is 0.246 e. The van der Waals surface area contributed by atoms with Crippen LogP contribution in [0.15, 0.2) is 0 Å². The van der Waals surface area contributed by atoms with Crippen molar-refractivity contribution in [3.8, 4) is 12.3 Å². The Balaban J connectivity index is 2.14. The van der Waals surface area contributed by atoms with Crippen LogP contribution in [0.3, 0.4) is 0 Å². The molecule has 2 amide bonds. The maximum atomic E-state index is 12.5. The molecule has 2 aliphatic rings. The van der Waals surface area contributed by atoms with E-state index in [2.05, 4.69) is 5.92 Å². The Morgan fingerprint density at radius 3 is 2.79 bits per heavy atom. The lowest BCUT2D eigenvalue weighted by molar-refractivity contribution is -0.163. The summed E-state index contributed by atoms with van der Waals surface area (Å²) < 4.78 is 0. The van der Waals surface area contributed by atoms with Gasteiger partial charge in [-0.2, -0.15) is 0 Å². The number of nitrogens with zero attached hydrogens (tertiary/aromatic N) is 2. The van der Waals surface area contributed by atoms with Gasteiger partial charge in [-0.05, 0) is 32.1 Å². The molecule has 0 bridgehead atoms. The van der Waals surface area contributed by atoms with Crippen molar-refractivity contribution in [2.24, 2.45) is 0 Å². The average Bonchev–Trinajstić information content (AvgIpc) is 2.44. The van der Waals surface area contributed by atoms with Crippen molar-refractivity contribution in [3.63, 3.8) is 0 Å². The largest absolute Gasteiger partial charge is 0.329 e. The van der Waals surface area contributed by atoms with Gasteiger partial charge in [-0.15, -0.1) is 12.3 Å². The second-order valence-corrected chi connectivity index (χ2v) is 5.31. The Bertz CT molecular complexity index is 399. The van der Waals surface area contributed by atoms with E-state index in [1.54, 1.807) is 9.80 Å². The standard InChI is InChI=1S/C15H22N2O2/c1-3-5-7-10-16-12(4-2)14(18)17-11-8-6-9-13(17)15(16)19/h1,12-13H,4-11H2,2H3. The van der Waals surface area contributed by atoms with Gasteiger partial charge < -0.3 is 9.80 Å². The van der Waals surface area contributed by atoms with Crippen molar-refractivity contribution in [1.29, 1.82) is 0 Å². The van der Waals surface area contributed by atoms with E-state index in [0.717, 1.165) is 32.2 Å². The summed E-state index contributed by atoms with van der Waals surface area (Å²) in [6, 6.07) is -0.491. The number of unbranched alkanes of at least 4 members (excludes halogenated alkanes) is 1. The second kappa shape index (κ2) is 6.10. The Hall–Kier alpha value is -1.50. The Morgan fingerprint density at radius 1 is 1.32 bits per heavy atom. The molecule has 4 heteroatoms. The molecule has 0 saturated carbocycles. The van der Waals surface area contributed by atoms with Crippen molar-refractivity contribution >= 4 is 11.8 Å². The third-order valence-corrected chi connectivity index (χ3v) is 4.12. The van der Waals surface area contributed by atoms with Crippen LogP contribution >= 0.6 is 0 Å². The third-order valence-electron chi connectivity index (χ3n) is 4.12. The van der Waals surface area contributed by atoms with Crippen molar-refractivity contribution < 1.29 is 9.59 Å². The summed E-state index contributed by atoms with van der Waals surface area (Å²) in [7, 11) is 0. The topological polar surface area (TPSA) is 40.6 Å². The molecule has 0 aromatic heterocycles. The van der Waals surface area contributed by atoms with Crippen LogP contribution in [0.1, 0.15) is 45.4 Å². The highest BCUT2D eigenvalue weighted by Crippen LogP contribution is 2.27. The quantitative estimate of drug-likeness (QED) is 0.567. The van der Waals surface area contributed by atoms with Gasteiger partial charge in [-0.3, -0.25) is 9.59 Å². The molecule has 0 N–H and O–H groups in total. The summed E-state index contributed by atoms with van der Waals surface area (Å²) in [4.78, 5) is 28.6. The van der Waals surface area contributed by atoms with E-state index >= 15 is 0 Å². The van der Waals surface area contributed by atoms with Crippen LogP contribution in [0, 0.1) is 12.3 Å². The number of fused-ring (bicyclic) bond motifs is 1. The minimum atomic E-state index is -0.278. The summed E-state index contributed by atoms with van der Waals surface area (Å²) in [5.74, 6) is 2.85. The van der Waals surface area contributed by atoms with Crippen LogP contribution in [0.5, 0.6) is 0 Å². The molecule has 0 aromatic carbocycles. The van der Waals surface area contributed by atoms with Crippen LogP contribution < -0.4 is 0 Å². The van der Waals surface area contributed by atoms with E-state index < -0.39 is 0 Å². The molecule has 4 nitrogen and oxygen atoms in total. The molecule has 104 valence electrons. The molecular formula is C15H22N2O2. The number of carbonyl (C=O) groups excluding carboxylic acids is 2. The van der Waals surface area contributed by atoms with Crippen molar-refractivity contribution in [1.82, 2.24) is 9.80 Å². The maximum absolute atomic E-state index is 12.5. The van der Waals surface area contributed by atoms with Crippen LogP contribution in [0.25, 0.3) is 0 Å². The summed E-state index contributed by atoms with van der Waals surface area (Å²) in [6.07, 6.45) is 10.2. The molecule has 2 rings (SSSR count). The summed E-state index contributed by atoms with van der Waals surface area (Å²) >= 11 is 0. The summed E-state index contributed by atoms with van der Waals surface area (Å²) in [5, 5.41) is 0. The van der Waals surface area contributed by atoms with E-state index in [4.69, 9.17) is 6.42 Å². The lowest BCUT2D eigenvalue weighted by atomic mass is 9.94. The average molecular weight is 262 g/mol. The molecule has 0 aromatic rings. The highest BCUT2D eigenvalue weighted by Gasteiger charge is 2.45. The monoisotopic (exact) mass is 262 g/mol. The fourth-order valence-corrected chi connectivity index (χ4v) is 3.13. The van der Waals surface area contributed by atoms with Gasteiger partial charge in [0.2, 0.25) is 11.8 Å². The molecule has 2 unspecified atom stereocenters. The number of hydrogen-bond donors (Lipinski definition) is 0. The van der Waals surface area contributed by atoms with E-state index in [9.17, 15) is 9.59 Å². The van der Waals surface area contributed by atoms with Gasteiger partial charge >= 0.3 is 0 Å². The highest BCUT2D eigenvalue weighted by molar-refractivity contribution is 5.97. The van der Waals surface area contributed by atoms with Crippen LogP contribution in [-0.2, 0) is 9.59 Å². The van der Waals surface area contributed by atoms with E-state index in [1.165, 1.54) is 0 Å². The summed E-state index contributed by atoms with van der Waals surface area (Å²) in [5.41, 5.74) is 0. The molecule has 0 aliphatic carbocycles. The molecule has 2 aliphatic heterocycles. The molecule has 0 spiro atoms. The first-order chi connectivity index (χ1) is 9.20. The van der Waals surface area contributed by atoms with Crippen LogP contribution in [-0.4, -0.2) is 46.8 Å². The molecule has 2 saturated heterocycles. The van der Waals surface area contributed by atoms with Crippen molar-refractivity contribution in [2.75, 3.05) is 13.1 Å². The zero-order chi connectivity index (χ0) is 13.8. The second-order valence-electron chi connectivity index (χ2n) is 5.31. The van der Waals surface area contributed by atoms with Gasteiger partial charge in [-0.1, -0.05) is 6.92 Å². The van der Waals surface area contributed by atoms with Crippen LogP contribution in [0.4, 0.5) is 0 Å². The molecule has 2 atom stereocenters. The molecule has 2 fully saturated rings. The first kappa shape index (κ1) is 13.9. The summed E-state index contributed by atoms with van der Waals surface area (Å²) in [6.45, 7) is 3.32. The Labute approximate surface area is 115 Å². The Morgan fingerprint density at radius 2 is 2.11 bits per heavy atom. The number of terminal acetylenes is 1. The number of amides is 2. The van der Waals surface area contributed by atoms with E-state index in [1.807, 2.05) is 6.92 Å². The lowest BCUT2D eigenvalue weighted by Crippen LogP contribution is -2.65. The fourth-order valence-electron chi connectivity index (χ4n) is 3.13. The first-order valence-electron chi connectivity index (χ1n) is 7.25. The number of carbonyl (C=O) groups is 2. The minimum Gasteiger partial charge on any atom is -0.329 e. The van der Waals surface area contributed by atoms with Gasteiger partial charge in [0, 0.05) is 19.5 Å². The third kappa shape index (κ3) is 2.60. The van der Waals surface area contributed by atoms with Crippen molar-refractivity contribution in [3.05, 3.63) is 0 Å². The molecule has 0 radical (unpaired) electrons. The van der Waals surface area contributed by atoms with Gasteiger partial charge in [0.15, 0.2) is 0 Å². The number of piperazine rings is 1. The molecular weight excluding hydrogens is 240 g/mol. The zero-order valence-corrected chi connectivity index (χ0v) is 11.6. The fraction of sp³-hybridized carbons (Fsp3) is 0.733. The lowest BCUT2D eigenvalue weighted by Gasteiger charge is -2.46. The predicted octanol–water partition coefficient (Wildman–Crippen LogP) is 1.40. The highest BCUT2D eigenvalue weighted by atomic mass is 16.2. The smallest absolute Gasteiger partial charge is 0.246 e. The molecule has 19 heavy (non-hydrogen) atoms. The zero-order valence-electron chi connectivity index (χ0n) is 11.6. The van der Waals surface area contributed by atoms with E-state index in [0.29, 0.717) is 19.4 Å². The number of piperidine rings is 1. The minimum absolute atomic E-state index is 0.128. The predicted molar refractivity (Wildman–Crippen MR) is 73.2 cm³/mol. The Kier molecular flexibility index (Phi) is 4.47. The van der Waals surface area contributed by atoms with Gasteiger partial charge in [-0.25, -0.2) is 0 Å². The van der Waals surface area contributed by atoms with Crippen LogP contribution in [0.2, 0.25) is 0 Å². The van der Waals surface area contributed by atoms with Gasteiger partial charge in [0.25, 0.3) is 0 Å². The number of hydrogen-bond acceptors (Lipinski definition) is 2.